The second kappa shape index (κ2) is 6.21. The maximum atomic E-state index is 12.1. The van der Waals surface area contributed by atoms with Crippen LogP contribution in [-0.4, -0.2) is 14.5 Å². The zero-order valence-electron chi connectivity index (χ0n) is 11.1. The lowest BCUT2D eigenvalue weighted by Gasteiger charge is -2.03. The monoisotopic (exact) mass is 390 g/mol. The van der Waals surface area contributed by atoms with Gasteiger partial charge in [0.1, 0.15) is 5.76 Å². The molecule has 1 aliphatic carbocycles. The minimum Gasteiger partial charge on any atom is -0.447 e. The van der Waals surface area contributed by atoms with Crippen LogP contribution in [0.4, 0.5) is 0 Å². The fourth-order valence-corrected chi connectivity index (χ4v) is 4.28. The van der Waals surface area contributed by atoms with Crippen molar-refractivity contribution in [3.63, 3.8) is 0 Å². The molecule has 1 fully saturated rings. The molecule has 1 aliphatic rings. The lowest BCUT2D eigenvalue weighted by Crippen LogP contribution is -2.22. The maximum Gasteiger partial charge on any atom is 0.274 e. The summed E-state index contributed by atoms with van der Waals surface area (Å²) in [5.74, 6) is 0.640. The molecule has 5 nitrogen and oxygen atoms in total. The molecule has 2 aromatic heterocycles. The molecule has 1 saturated carbocycles. The predicted molar refractivity (Wildman–Crippen MR) is 84.6 cm³/mol. The van der Waals surface area contributed by atoms with Crippen LogP contribution in [0.25, 0.3) is 0 Å². The van der Waals surface area contributed by atoms with E-state index in [-0.39, 0.29) is 11.6 Å². The second-order valence-electron chi connectivity index (χ2n) is 4.91. The van der Waals surface area contributed by atoms with Gasteiger partial charge in [0.25, 0.3) is 10.0 Å². The van der Waals surface area contributed by atoms with Gasteiger partial charge in [0.15, 0.2) is 0 Å². The topological polar surface area (TPSA) is 71.3 Å². The van der Waals surface area contributed by atoms with Gasteiger partial charge in [0, 0.05) is 17.5 Å². The van der Waals surface area contributed by atoms with Crippen LogP contribution in [0, 0.1) is 0 Å². The SMILES string of the molecule is O=S(=O)(NCc1ccc(Br)s1)c1ccc(CNC2CC2)o1. The Morgan fingerprint density at radius 3 is 2.71 bits per heavy atom. The van der Waals surface area contributed by atoms with Crippen molar-refractivity contribution in [1.82, 2.24) is 10.0 Å². The fourth-order valence-electron chi connectivity index (χ4n) is 1.81. The van der Waals surface area contributed by atoms with Gasteiger partial charge in [-0.1, -0.05) is 0 Å². The highest BCUT2D eigenvalue weighted by atomic mass is 79.9. The molecule has 0 amide bonds. The summed E-state index contributed by atoms with van der Waals surface area (Å²) in [7, 11) is -3.60. The van der Waals surface area contributed by atoms with E-state index in [0.29, 0.717) is 18.3 Å². The Hall–Kier alpha value is -0.670. The second-order valence-corrected chi connectivity index (χ2v) is 9.15. The average Bonchev–Trinajstić information content (AvgIpc) is 2.97. The molecule has 0 saturated heterocycles. The molecule has 21 heavy (non-hydrogen) atoms. The highest BCUT2D eigenvalue weighted by Gasteiger charge is 2.22. The van der Waals surface area contributed by atoms with Crippen LogP contribution in [0.5, 0.6) is 0 Å². The molecule has 0 bridgehead atoms. The van der Waals surface area contributed by atoms with Crippen molar-refractivity contribution >= 4 is 37.3 Å². The summed E-state index contributed by atoms with van der Waals surface area (Å²) in [4.78, 5) is 0.938. The van der Waals surface area contributed by atoms with Gasteiger partial charge in [-0.3, -0.25) is 0 Å². The summed E-state index contributed by atoms with van der Waals surface area (Å²) < 4.78 is 33.2. The summed E-state index contributed by atoms with van der Waals surface area (Å²) in [6.45, 7) is 0.826. The molecule has 0 radical (unpaired) electrons. The van der Waals surface area contributed by atoms with Gasteiger partial charge in [-0.15, -0.1) is 11.3 Å². The largest absolute Gasteiger partial charge is 0.447 e. The van der Waals surface area contributed by atoms with E-state index in [0.717, 1.165) is 8.66 Å². The van der Waals surface area contributed by atoms with Crippen LogP contribution in [0.15, 0.2) is 37.6 Å². The Bertz CT molecular complexity index is 719. The third-order valence-corrected chi connectivity index (χ3v) is 6.01. The Morgan fingerprint density at radius 2 is 2.05 bits per heavy atom. The fraction of sp³-hybridized carbons (Fsp3) is 0.385. The zero-order valence-corrected chi connectivity index (χ0v) is 14.4. The van der Waals surface area contributed by atoms with Gasteiger partial charge >= 0.3 is 0 Å². The molecule has 2 aromatic rings. The Kier molecular flexibility index (Phi) is 4.51. The molecule has 0 spiro atoms. The van der Waals surface area contributed by atoms with Crippen LogP contribution < -0.4 is 10.0 Å². The number of halogens is 1. The Morgan fingerprint density at radius 1 is 1.24 bits per heavy atom. The predicted octanol–water partition coefficient (Wildman–Crippen LogP) is 2.83. The number of nitrogens with one attached hydrogen (secondary N) is 2. The van der Waals surface area contributed by atoms with Crippen molar-refractivity contribution in [3.8, 4) is 0 Å². The third kappa shape index (κ3) is 4.17. The van der Waals surface area contributed by atoms with Gasteiger partial charge in [0.2, 0.25) is 5.09 Å². The van der Waals surface area contributed by atoms with E-state index < -0.39 is 10.0 Å². The van der Waals surface area contributed by atoms with E-state index in [4.69, 9.17) is 4.42 Å². The van der Waals surface area contributed by atoms with Gasteiger partial charge in [-0.2, -0.15) is 0 Å². The minimum absolute atomic E-state index is 0.0364. The van der Waals surface area contributed by atoms with Crippen LogP contribution in [0.2, 0.25) is 0 Å². The summed E-state index contributed by atoms with van der Waals surface area (Å²) in [6, 6.07) is 7.53. The molecular weight excluding hydrogens is 376 g/mol. The first-order chi connectivity index (χ1) is 10.0. The maximum absolute atomic E-state index is 12.1. The first-order valence-corrected chi connectivity index (χ1v) is 9.68. The Labute approximate surface area is 135 Å². The molecule has 0 aliphatic heterocycles. The van der Waals surface area contributed by atoms with E-state index >= 15 is 0 Å². The molecule has 2 N–H and O–H groups in total. The quantitative estimate of drug-likeness (QED) is 0.762. The molecule has 0 unspecified atom stereocenters. The first-order valence-electron chi connectivity index (χ1n) is 6.59. The number of thiophene rings is 1. The van der Waals surface area contributed by atoms with Crippen molar-refractivity contribution in [3.05, 3.63) is 38.7 Å². The molecule has 8 heteroatoms. The number of furan rings is 1. The molecule has 2 heterocycles. The van der Waals surface area contributed by atoms with E-state index in [1.807, 2.05) is 12.1 Å². The molecule has 3 rings (SSSR count). The van der Waals surface area contributed by atoms with Gasteiger partial charge < -0.3 is 9.73 Å². The van der Waals surface area contributed by atoms with Crippen molar-refractivity contribution in [2.75, 3.05) is 0 Å². The van der Waals surface area contributed by atoms with Gasteiger partial charge in [0.05, 0.1) is 10.3 Å². The summed E-state index contributed by atoms with van der Waals surface area (Å²) in [5, 5.41) is 3.25. The van der Waals surface area contributed by atoms with Crippen LogP contribution in [0.1, 0.15) is 23.5 Å². The number of hydrogen-bond acceptors (Lipinski definition) is 5. The Balaban J connectivity index is 1.60. The molecule has 0 atom stereocenters. The number of sulfonamides is 1. The van der Waals surface area contributed by atoms with Crippen molar-refractivity contribution in [2.45, 2.75) is 37.1 Å². The summed E-state index contributed by atoms with van der Waals surface area (Å²) >= 11 is 4.85. The van der Waals surface area contributed by atoms with Crippen LogP contribution >= 0.6 is 27.3 Å². The van der Waals surface area contributed by atoms with E-state index in [2.05, 4.69) is 26.0 Å². The highest BCUT2D eigenvalue weighted by Crippen LogP contribution is 2.23. The first kappa shape index (κ1) is 15.2. The van der Waals surface area contributed by atoms with Gasteiger partial charge in [-0.05, 0) is 53.0 Å². The van der Waals surface area contributed by atoms with Crippen molar-refractivity contribution in [2.24, 2.45) is 0 Å². The van der Waals surface area contributed by atoms with E-state index in [1.54, 1.807) is 6.07 Å². The van der Waals surface area contributed by atoms with Crippen LogP contribution in [0.3, 0.4) is 0 Å². The molecule has 0 aromatic carbocycles. The minimum atomic E-state index is -3.60. The summed E-state index contributed by atoms with van der Waals surface area (Å²) in [5.41, 5.74) is 0. The van der Waals surface area contributed by atoms with Crippen LogP contribution in [-0.2, 0) is 23.1 Å². The smallest absolute Gasteiger partial charge is 0.274 e. The number of hydrogen-bond donors (Lipinski definition) is 2. The van der Waals surface area contributed by atoms with Gasteiger partial charge in [-0.25, -0.2) is 13.1 Å². The zero-order chi connectivity index (χ0) is 14.9. The molecular formula is C13H15BrN2O3S2. The van der Waals surface area contributed by atoms with Crippen molar-refractivity contribution in [1.29, 1.82) is 0 Å². The van der Waals surface area contributed by atoms with E-state index in [9.17, 15) is 8.42 Å². The van der Waals surface area contributed by atoms with Crippen molar-refractivity contribution < 1.29 is 12.8 Å². The molecule has 114 valence electrons. The standard InChI is InChI=1S/C13H15BrN2O3S2/c14-12-5-4-11(20-12)8-16-21(17,18)13-6-3-10(19-13)7-15-9-1-2-9/h3-6,9,15-16H,1-2,7-8H2. The lowest BCUT2D eigenvalue weighted by atomic mass is 10.4. The highest BCUT2D eigenvalue weighted by molar-refractivity contribution is 9.11. The normalized spacial score (nSPS) is 15.5. The number of rotatable bonds is 7. The lowest BCUT2D eigenvalue weighted by molar-refractivity contribution is 0.399. The summed E-state index contributed by atoms with van der Waals surface area (Å²) in [6.07, 6.45) is 2.37. The third-order valence-electron chi connectivity index (χ3n) is 3.11. The average molecular weight is 391 g/mol. The van der Waals surface area contributed by atoms with E-state index in [1.165, 1.54) is 30.2 Å².